The van der Waals surface area contributed by atoms with E-state index in [0.29, 0.717) is 6.04 Å². The van der Waals surface area contributed by atoms with Crippen LogP contribution in [0.2, 0.25) is 0 Å². The molecule has 4 nitrogen and oxygen atoms in total. The Morgan fingerprint density at radius 1 is 1.53 bits per heavy atom. The number of likely N-dealkylation sites (N-methyl/N-ethyl adjacent to an activating group) is 1. The molecule has 19 heavy (non-hydrogen) atoms. The second-order valence-corrected chi connectivity index (χ2v) is 5.13. The molecule has 2 unspecified atom stereocenters. The van der Waals surface area contributed by atoms with Crippen molar-refractivity contribution in [2.24, 2.45) is 0 Å². The van der Waals surface area contributed by atoms with Crippen LogP contribution < -0.4 is 5.32 Å². The lowest BCUT2D eigenvalue weighted by molar-refractivity contribution is -0.0452. The summed E-state index contributed by atoms with van der Waals surface area (Å²) < 4.78 is 5.95. The maximum atomic E-state index is 5.95. The maximum absolute atomic E-state index is 5.95. The third-order valence-electron chi connectivity index (χ3n) is 3.69. The molecule has 1 N–H and O–H groups in total. The number of ether oxygens (including phenoxy) is 1. The minimum Gasteiger partial charge on any atom is -0.374 e. The van der Waals surface area contributed by atoms with E-state index in [-0.39, 0.29) is 6.10 Å². The summed E-state index contributed by atoms with van der Waals surface area (Å²) in [6.07, 6.45) is 4.24. The number of aromatic nitrogens is 1. The van der Waals surface area contributed by atoms with Gasteiger partial charge in [-0.25, -0.2) is 0 Å². The van der Waals surface area contributed by atoms with Crippen LogP contribution in [0.3, 0.4) is 0 Å². The summed E-state index contributed by atoms with van der Waals surface area (Å²) in [5, 5.41) is 3.39. The van der Waals surface area contributed by atoms with E-state index >= 15 is 0 Å². The molecule has 1 aliphatic heterocycles. The molecule has 0 bridgehead atoms. The Labute approximate surface area is 116 Å². The van der Waals surface area contributed by atoms with E-state index in [2.05, 4.69) is 28.2 Å². The number of rotatable bonds is 6. The van der Waals surface area contributed by atoms with E-state index in [1.807, 2.05) is 25.4 Å². The van der Waals surface area contributed by atoms with Gasteiger partial charge in [-0.05, 0) is 32.1 Å². The van der Waals surface area contributed by atoms with Gasteiger partial charge in [-0.15, -0.1) is 0 Å². The van der Waals surface area contributed by atoms with E-state index in [9.17, 15) is 0 Å². The summed E-state index contributed by atoms with van der Waals surface area (Å²) in [6, 6.07) is 6.41. The van der Waals surface area contributed by atoms with Gasteiger partial charge in [-0.3, -0.25) is 9.88 Å². The number of nitrogens with zero attached hydrogens (tertiary/aromatic N) is 2. The van der Waals surface area contributed by atoms with E-state index in [1.165, 1.54) is 13.0 Å². The first-order chi connectivity index (χ1) is 9.33. The molecule has 1 aromatic heterocycles. The summed E-state index contributed by atoms with van der Waals surface area (Å²) >= 11 is 0. The van der Waals surface area contributed by atoms with Crippen molar-refractivity contribution in [2.75, 3.05) is 33.3 Å². The molecule has 0 aliphatic carbocycles. The van der Waals surface area contributed by atoms with Gasteiger partial charge in [0.15, 0.2) is 0 Å². The Bertz CT molecular complexity index is 356. The van der Waals surface area contributed by atoms with Gasteiger partial charge >= 0.3 is 0 Å². The highest BCUT2D eigenvalue weighted by Crippen LogP contribution is 2.12. The first-order valence-corrected chi connectivity index (χ1v) is 7.24. The Morgan fingerprint density at radius 3 is 3.11 bits per heavy atom. The SMILES string of the molecule is CCCN1CCOC(C(Cc2ccccn2)NC)C1. The van der Waals surface area contributed by atoms with Crippen molar-refractivity contribution >= 4 is 0 Å². The molecule has 1 aliphatic rings. The molecular formula is C15H25N3O. The number of morpholine rings is 1. The third kappa shape index (κ3) is 4.27. The molecule has 2 atom stereocenters. The molecule has 1 fully saturated rings. The molecule has 0 aromatic carbocycles. The van der Waals surface area contributed by atoms with Crippen LogP contribution in [0.25, 0.3) is 0 Å². The molecule has 4 heteroatoms. The van der Waals surface area contributed by atoms with Crippen molar-refractivity contribution < 1.29 is 4.74 Å². The zero-order chi connectivity index (χ0) is 13.5. The number of hydrogen-bond acceptors (Lipinski definition) is 4. The van der Waals surface area contributed by atoms with Gasteiger partial charge in [0.05, 0.1) is 12.7 Å². The molecule has 1 saturated heterocycles. The van der Waals surface area contributed by atoms with Crippen molar-refractivity contribution in [1.82, 2.24) is 15.2 Å². The predicted octanol–water partition coefficient (Wildman–Crippen LogP) is 1.32. The fourth-order valence-corrected chi connectivity index (χ4v) is 2.66. The first-order valence-electron chi connectivity index (χ1n) is 7.24. The van der Waals surface area contributed by atoms with Crippen molar-refractivity contribution in [1.29, 1.82) is 0 Å². The van der Waals surface area contributed by atoms with Gasteiger partial charge in [0.25, 0.3) is 0 Å². The van der Waals surface area contributed by atoms with Crippen LogP contribution in [0.1, 0.15) is 19.0 Å². The number of nitrogens with one attached hydrogen (secondary N) is 1. The van der Waals surface area contributed by atoms with Crippen molar-refractivity contribution in [3.8, 4) is 0 Å². The molecule has 0 spiro atoms. The Balaban J connectivity index is 1.93. The zero-order valence-electron chi connectivity index (χ0n) is 12.0. The maximum Gasteiger partial charge on any atom is 0.0858 e. The quantitative estimate of drug-likeness (QED) is 0.840. The van der Waals surface area contributed by atoms with E-state index < -0.39 is 0 Å². The standard InChI is InChI=1S/C15H25N3O/c1-3-8-18-9-10-19-15(12-18)14(16-2)11-13-6-4-5-7-17-13/h4-7,14-16H,3,8-12H2,1-2H3. The normalized spacial score (nSPS) is 22.3. The zero-order valence-corrected chi connectivity index (χ0v) is 12.0. The predicted molar refractivity (Wildman–Crippen MR) is 77.3 cm³/mol. The van der Waals surface area contributed by atoms with Crippen molar-refractivity contribution in [3.05, 3.63) is 30.1 Å². The second-order valence-electron chi connectivity index (χ2n) is 5.13. The first kappa shape index (κ1) is 14.4. The summed E-state index contributed by atoms with van der Waals surface area (Å²) in [5.74, 6) is 0. The molecule has 0 amide bonds. The molecular weight excluding hydrogens is 238 g/mol. The van der Waals surface area contributed by atoms with Crippen LogP contribution in [-0.2, 0) is 11.2 Å². The highest BCUT2D eigenvalue weighted by atomic mass is 16.5. The van der Waals surface area contributed by atoms with Crippen LogP contribution in [0.5, 0.6) is 0 Å². The average molecular weight is 263 g/mol. The molecule has 106 valence electrons. The Morgan fingerprint density at radius 2 is 2.42 bits per heavy atom. The number of pyridine rings is 1. The van der Waals surface area contributed by atoms with Crippen molar-refractivity contribution in [2.45, 2.75) is 31.9 Å². The smallest absolute Gasteiger partial charge is 0.0858 e. The topological polar surface area (TPSA) is 37.4 Å². The second kappa shape index (κ2) is 7.58. The molecule has 0 saturated carbocycles. The van der Waals surface area contributed by atoms with Crippen LogP contribution in [0.4, 0.5) is 0 Å². The lowest BCUT2D eigenvalue weighted by atomic mass is 10.0. The fourth-order valence-electron chi connectivity index (χ4n) is 2.66. The highest BCUT2D eigenvalue weighted by molar-refractivity contribution is 5.06. The summed E-state index contributed by atoms with van der Waals surface area (Å²) in [6.45, 7) is 6.31. The third-order valence-corrected chi connectivity index (χ3v) is 3.69. The average Bonchev–Trinajstić information content (AvgIpc) is 2.46. The van der Waals surface area contributed by atoms with Crippen molar-refractivity contribution in [3.63, 3.8) is 0 Å². The van der Waals surface area contributed by atoms with Gasteiger partial charge in [-0.2, -0.15) is 0 Å². The van der Waals surface area contributed by atoms with Crippen LogP contribution >= 0.6 is 0 Å². The van der Waals surface area contributed by atoms with Crippen LogP contribution in [-0.4, -0.2) is 55.3 Å². The number of hydrogen-bond donors (Lipinski definition) is 1. The van der Waals surface area contributed by atoms with Gasteiger partial charge in [-0.1, -0.05) is 13.0 Å². The summed E-state index contributed by atoms with van der Waals surface area (Å²) in [4.78, 5) is 6.90. The largest absolute Gasteiger partial charge is 0.374 e. The van der Waals surface area contributed by atoms with Crippen LogP contribution in [0.15, 0.2) is 24.4 Å². The minimum absolute atomic E-state index is 0.257. The molecule has 1 aromatic rings. The monoisotopic (exact) mass is 263 g/mol. The lowest BCUT2D eigenvalue weighted by Crippen LogP contribution is -2.52. The Hall–Kier alpha value is -0.970. The van der Waals surface area contributed by atoms with E-state index in [0.717, 1.165) is 31.8 Å². The Kier molecular flexibility index (Phi) is 5.76. The summed E-state index contributed by atoms with van der Waals surface area (Å²) in [5.41, 5.74) is 1.12. The fraction of sp³-hybridized carbons (Fsp3) is 0.667. The summed E-state index contributed by atoms with van der Waals surface area (Å²) in [7, 11) is 2.01. The minimum atomic E-state index is 0.257. The van der Waals surface area contributed by atoms with Gasteiger partial charge in [0.1, 0.15) is 0 Å². The van der Waals surface area contributed by atoms with E-state index in [1.54, 1.807) is 0 Å². The van der Waals surface area contributed by atoms with Gasteiger partial charge in [0, 0.05) is 37.4 Å². The van der Waals surface area contributed by atoms with Gasteiger partial charge < -0.3 is 10.1 Å². The van der Waals surface area contributed by atoms with Gasteiger partial charge in [0.2, 0.25) is 0 Å². The molecule has 2 rings (SSSR count). The van der Waals surface area contributed by atoms with E-state index in [4.69, 9.17) is 4.74 Å². The highest BCUT2D eigenvalue weighted by Gasteiger charge is 2.27. The van der Waals surface area contributed by atoms with Crippen LogP contribution in [0, 0.1) is 0 Å². The molecule has 2 heterocycles. The molecule has 0 radical (unpaired) electrons. The lowest BCUT2D eigenvalue weighted by Gasteiger charge is -2.36.